The first-order valence-electron chi connectivity index (χ1n) is 5.99. The normalized spacial score (nSPS) is 10.6. The lowest BCUT2D eigenvalue weighted by Gasteiger charge is -2.08. The fourth-order valence-electron chi connectivity index (χ4n) is 2.11. The summed E-state index contributed by atoms with van der Waals surface area (Å²) in [5.41, 5.74) is 3.08. The summed E-state index contributed by atoms with van der Waals surface area (Å²) in [7, 11) is 1.67. The maximum Gasteiger partial charge on any atom is 0.126 e. The molecule has 0 amide bonds. The monoisotopic (exact) mass is 267 g/mol. The fraction of sp³-hybridized carbons (Fsp3) is 0.0625. The van der Waals surface area contributed by atoms with Gasteiger partial charge >= 0.3 is 0 Å². The van der Waals surface area contributed by atoms with E-state index < -0.39 is 0 Å². The zero-order chi connectivity index (χ0) is 13.2. The lowest BCUT2D eigenvalue weighted by molar-refractivity contribution is 0.414. The maximum absolute atomic E-state index is 5.38. The number of hydrogen-bond acceptors (Lipinski definition) is 3. The number of para-hydroxylation sites is 1. The van der Waals surface area contributed by atoms with Gasteiger partial charge in [-0.1, -0.05) is 36.9 Å². The van der Waals surface area contributed by atoms with E-state index >= 15 is 0 Å². The van der Waals surface area contributed by atoms with Gasteiger partial charge < -0.3 is 4.74 Å². The van der Waals surface area contributed by atoms with Crippen molar-refractivity contribution in [3.8, 4) is 16.3 Å². The van der Waals surface area contributed by atoms with Gasteiger partial charge in [-0.15, -0.1) is 11.3 Å². The maximum atomic E-state index is 5.38. The van der Waals surface area contributed by atoms with Crippen molar-refractivity contribution >= 4 is 27.6 Å². The molecule has 0 aliphatic heterocycles. The quantitative estimate of drug-likeness (QED) is 0.691. The summed E-state index contributed by atoms with van der Waals surface area (Å²) in [6.45, 7) is 3.88. The van der Waals surface area contributed by atoms with E-state index in [9.17, 15) is 0 Å². The summed E-state index contributed by atoms with van der Waals surface area (Å²) < 4.78 is 6.57. The van der Waals surface area contributed by atoms with Crippen LogP contribution in [0.1, 0.15) is 5.56 Å². The first kappa shape index (κ1) is 11.9. The highest BCUT2D eigenvalue weighted by molar-refractivity contribution is 7.21. The Labute approximate surface area is 116 Å². The van der Waals surface area contributed by atoms with Gasteiger partial charge in [0, 0.05) is 11.1 Å². The van der Waals surface area contributed by atoms with Crippen LogP contribution in [0.5, 0.6) is 5.75 Å². The molecule has 2 aromatic carbocycles. The minimum Gasteiger partial charge on any atom is -0.496 e. The number of ether oxygens (including phenoxy) is 1. The summed E-state index contributed by atoms with van der Waals surface area (Å²) in [5.74, 6) is 0.826. The van der Waals surface area contributed by atoms with Crippen molar-refractivity contribution in [2.45, 2.75) is 0 Å². The van der Waals surface area contributed by atoms with E-state index in [1.165, 1.54) is 4.70 Å². The van der Waals surface area contributed by atoms with E-state index in [1.54, 1.807) is 18.4 Å². The third-order valence-electron chi connectivity index (χ3n) is 3.01. The molecule has 0 N–H and O–H groups in total. The molecule has 0 radical (unpaired) electrons. The first-order chi connectivity index (χ1) is 9.33. The molecule has 94 valence electrons. The average molecular weight is 267 g/mol. The second kappa shape index (κ2) is 4.86. The molecule has 2 nitrogen and oxygen atoms in total. The summed E-state index contributed by atoms with van der Waals surface area (Å²) in [4.78, 5) is 4.68. The van der Waals surface area contributed by atoms with Crippen LogP contribution in [0.3, 0.4) is 0 Å². The highest BCUT2D eigenvalue weighted by Gasteiger charge is 2.12. The van der Waals surface area contributed by atoms with Crippen molar-refractivity contribution in [2.24, 2.45) is 0 Å². The van der Waals surface area contributed by atoms with Gasteiger partial charge in [-0.25, -0.2) is 4.98 Å². The molecule has 0 atom stereocenters. The molecule has 1 aromatic heterocycles. The van der Waals surface area contributed by atoms with Gasteiger partial charge in [-0.05, 0) is 18.2 Å². The first-order valence-corrected chi connectivity index (χ1v) is 6.80. The van der Waals surface area contributed by atoms with Gasteiger partial charge in [-0.3, -0.25) is 0 Å². The molecule has 0 unspecified atom stereocenters. The SMILES string of the molecule is C=Cc1c(OC)cccc1-c1nc2ccccc2s1. The van der Waals surface area contributed by atoms with Gasteiger partial charge in [0.25, 0.3) is 0 Å². The predicted molar refractivity (Wildman–Crippen MR) is 81.7 cm³/mol. The van der Waals surface area contributed by atoms with Crippen LogP contribution in [-0.2, 0) is 0 Å². The molecule has 0 bridgehead atoms. The second-order valence-electron chi connectivity index (χ2n) is 4.11. The molecule has 0 spiro atoms. The third kappa shape index (κ3) is 2.02. The number of hydrogen-bond donors (Lipinski definition) is 0. The van der Waals surface area contributed by atoms with E-state index in [-0.39, 0.29) is 0 Å². The molecule has 0 saturated carbocycles. The fourth-order valence-corrected chi connectivity index (χ4v) is 3.11. The Morgan fingerprint density at radius 3 is 2.74 bits per heavy atom. The van der Waals surface area contributed by atoms with Crippen LogP contribution in [0.25, 0.3) is 26.9 Å². The summed E-state index contributed by atoms with van der Waals surface area (Å²) in [5, 5.41) is 0.995. The predicted octanol–water partition coefficient (Wildman–Crippen LogP) is 4.61. The Morgan fingerprint density at radius 2 is 2.00 bits per heavy atom. The summed E-state index contributed by atoms with van der Waals surface area (Å²) in [6.07, 6.45) is 1.82. The molecule has 0 aliphatic rings. The Balaban J connectivity index is 2.23. The van der Waals surface area contributed by atoms with Crippen LogP contribution in [0.4, 0.5) is 0 Å². The summed E-state index contributed by atoms with van der Waals surface area (Å²) >= 11 is 1.68. The number of methoxy groups -OCH3 is 1. The van der Waals surface area contributed by atoms with Crippen LogP contribution >= 0.6 is 11.3 Å². The van der Waals surface area contributed by atoms with E-state index in [0.717, 1.165) is 27.4 Å². The van der Waals surface area contributed by atoms with Crippen LogP contribution in [0.15, 0.2) is 49.0 Å². The zero-order valence-electron chi connectivity index (χ0n) is 10.6. The smallest absolute Gasteiger partial charge is 0.126 e. The number of fused-ring (bicyclic) bond motifs is 1. The second-order valence-corrected chi connectivity index (χ2v) is 5.14. The van der Waals surface area contributed by atoms with Gasteiger partial charge in [0.05, 0.1) is 17.3 Å². The number of rotatable bonds is 3. The molecule has 0 saturated heterocycles. The largest absolute Gasteiger partial charge is 0.496 e. The van der Waals surface area contributed by atoms with Gasteiger partial charge in [0.15, 0.2) is 0 Å². The topological polar surface area (TPSA) is 22.1 Å². The summed E-state index contributed by atoms with van der Waals surface area (Å²) in [6, 6.07) is 14.1. The molecular formula is C16H13NOS. The van der Waals surface area contributed by atoms with Crippen LogP contribution in [-0.4, -0.2) is 12.1 Å². The Kier molecular flexibility index (Phi) is 3.05. The molecule has 3 heteroatoms. The number of thiazole rings is 1. The van der Waals surface area contributed by atoms with Crippen molar-refractivity contribution in [2.75, 3.05) is 7.11 Å². The van der Waals surface area contributed by atoms with Gasteiger partial charge in [-0.2, -0.15) is 0 Å². The molecular weight excluding hydrogens is 254 g/mol. The zero-order valence-corrected chi connectivity index (χ0v) is 11.4. The average Bonchev–Trinajstić information content (AvgIpc) is 2.89. The number of aromatic nitrogens is 1. The van der Waals surface area contributed by atoms with E-state index in [4.69, 9.17) is 4.74 Å². The Bertz CT molecular complexity index is 712. The highest BCUT2D eigenvalue weighted by atomic mass is 32.1. The Morgan fingerprint density at radius 1 is 1.16 bits per heavy atom. The van der Waals surface area contributed by atoms with E-state index in [0.29, 0.717) is 0 Å². The molecule has 19 heavy (non-hydrogen) atoms. The molecule has 3 aromatic rings. The van der Waals surface area contributed by atoms with Crippen molar-refractivity contribution in [1.82, 2.24) is 4.98 Å². The van der Waals surface area contributed by atoms with Gasteiger partial charge in [0.1, 0.15) is 10.8 Å². The van der Waals surface area contributed by atoms with Gasteiger partial charge in [0.2, 0.25) is 0 Å². The lowest BCUT2D eigenvalue weighted by Crippen LogP contribution is -1.89. The number of benzene rings is 2. The third-order valence-corrected chi connectivity index (χ3v) is 4.08. The minimum atomic E-state index is 0.826. The molecule has 0 fully saturated rings. The molecule has 3 rings (SSSR count). The van der Waals surface area contributed by atoms with Crippen LogP contribution in [0.2, 0.25) is 0 Å². The lowest BCUT2D eigenvalue weighted by atomic mass is 10.1. The molecule has 0 aliphatic carbocycles. The van der Waals surface area contributed by atoms with Crippen LogP contribution in [0, 0.1) is 0 Å². The van der Waals surface area contributed by atoms with E-state index in [1.807, 2.05) is 36.4 Å². The van der Waals surface area contributed by atoms with Crippen molar-refractivity contribution in [1.29, 1.82) is 0 Å². The van der Waals surface area contributed by atoms with Crippen molar-refractivity contribution in [3.05, 3.63) is 54.6 Å². The molecule has 1 heterocycles. The van der Waals surface area contributed by atoms with Crippen molar-refractivity contribution < 1.29 is 4.74 Å². The minimum absolute atomic E-state index is 0.826. The Hall–Kier alpha value is -2.13. The number of nitrogens with zero attached hydrogens (tertiary/aromatic N) is 1. The van der Waals surface area contributed by atoms with Crippen molar-refractivity contribution in [3.63, 3.8) is 0 Å². The van der Waals surface area contributed by atoms with Crippen LogP contribution < -0.4 is 4.74 Å². The highest BCUT2D eigenvalue weighted by Crippen LogP contribution is 2.36. The standard InChI is InChI=1S/C16H13NOS/c1-3-11-12(7-6-9-14(11)18-2)16-17-13-8-4-5-10-15(13)19-16/h3-10H,1H2,2H3. The van der Waals surface area contributed by atoms with E-state index in [2.05, 4.69) is 23.7 Å².